The van der Waals surface area contributed by atoms with E-state index >= 15 is 0 Å². The lowest BCUT2D eigenvalue weighted by molar-refractivity contribution is -0.139. The molecule has 1 aromatic carbocycles. The van der Waals surface area contributed by atoms with Crippen molar-refractivity contribution in [3.8, 4) is 0 Å². The van der Waals surface area contributed by atoms with Crippen LogP contribution in [0.3, 0.4) is 0 Å². The molecule has 0 saturated heterocycles. The smallest absolute Gasteiger partial charge is 0.416 e. The maximum atomic E-state index is 12.6. The molecule has 0 spiro atoms. The molecule has 2 N–H and O–H groups in total. The monoisotopic (exact) mass is 309 g/mol. The summed E-state index contributed by atoms with van der Waals surface area (Å²) in [5.74, 6) is -2.24. The van der Waals surface area contributed by atoms with E-state index in [0.717, 1.165) is 12.1 Å². The van der Waals surface area contributed by atoms with Crippen molar-refractivity contribution in [1.29, 1.82) is 0 Å². The van der Waals surface area contributed by atoms with E-state index < -0.39 is 35.2 Å². The second-order valence-corrected chi connectivity index (χ2v) is 4.37. The van der Waals surface area contributed by atoms with Crippen LogP contribution in [0.2, 0.25) is 5.02 Å². The van der Waals surface area contributed by atoms with Crippen molar-refractivity contribution in [3.05, 3.63) is 34.3 Å². The minimum absolute atomic E-state index is 0.0949. The topological polar surface area (TPSA) is 66.4 Å². The third kappa shape index (κ3) is 3.86. The van der Waals surface area contributed by atoms with Crippen LogP contribution in [0.1, 0.15) is 29.3 Å². The lowest BCUT2D eigenvalue weighted by atomic mass is 10.1. The Morgan fingerprint density at radius 2 is 2.00 bits per heavy atom. The van der Waals surface area contributed by atoms with Gasteiger partial charge in [-0.15, -0.1) is 0 Å². The standard InChI is InChI=1S/C12H11ClF3NO3/c1-2-9(11(19)20)17-10(18)7-5-6(12(14,15)16)3-4-8(7)13/h3-5,9H,2H2,1H3,(H,17,18)(H,19,20)/t9-/m0/s1. The second-order valence-electron chi connectivity index (χ2n) is 3.96. The van der Waals surface area contributed by atoms with Gasteiger partial charge in [0.05, 0.1) is 16.1 Å². The minimum atomic E-state index is -4.61. The van der Waals surface area contributed by atoms with E-state index in [0.29, 0.717) is 6.07 Å². The predicted molar refractivity (Wildman–Crippen MR) is 65.6 cm³/mol. The van der Waals surface area contributed by atoms with Gasteiger partial charge in [0.15, 0.2) is 0 Å². The average Bonchev–Trinajstić information content (AvgIpc) is 2.34. The van der Waals surface area contributed by atoms with Gasteiger partial charge in [-0.1, -0.05) is 18.5 Å². The number of carboxylic acids is 1. The molecule has 1 aromatic rings. The van der Waals surface area contributed by atoms with E-state index in [4.69, 9.17) is 16.7 Å². The molecule has 0 aromatic heterocycles. The zero-order valence-electron chi connectivity index (χ0n) is 10.3. The molecule has 110 valence electrons. The molecule has 0 aliphatic carbocycles. The van der Waals surface area contributed by atoms with E-state index in [1.807, 2.05) is 0 Å². The number of carboxylic acid groups (broad SMARTS) is 1. The van der Waals surface area contributed by atoms with Crippen LogP contribution in [0, 0.1) is 0 Å². The van der Waals surface area contributed by atoms with Crippen molar-refractivity contribution in [2.24, 2.45) is 0 Å². The van der Waals surface area contributed by atoms with Crippen molar-refractivity contribution < 1.29 is 27.9 Å². The maximum Gasteiger partial charge on any atom is 0.416 e. The van der Waals surface area contributed by atoms with Crippen molar-refractivity contribution in [1.82, 2.24) is 5.32 Å². The van der Waals surface area contributed by atoms with Crippen LogP contribution < -0.4 is 5.32 Å². The highest BCUT2D eigenvalue weighted by Crippen LogP contribution is 2.31. The van der Waals surface area contributed by atoms with Gasteiger partial charge in [0.2, 0.25) is 0 Å². The molecular formula is C12H11ClF3NO3. The summed E-state index contributed by atoms with van der Waals surface area (Å²) < 4.78 is 37.7. The van der Waals surface area contributed by atoms with Gasteiger partial charge in [0.25, 0.3) is 5.91 Å². The first-order valence-electron chi connectivity index (χ1n) is 5.57. The third-order valence-electron chi connectivity index (χ3n) is 2.55. The Morgan fingerprint density at radius 1 is 1.40 bits per heavy atom. The van der Waals surface area contributed by atoms with E-state index in [2.05, 4.69) is 5.32 Å². The molecule has 1 amide bonds. The number of halogens is 4. The zero-order valence-corrected chi connectivity index (χ0v) is 11.0. The summed E-state index contributed by atoms with van der Waals surface area (Å²) in [6.45, 7) is 1.52. The zero-order chi connectivity index (χ0) is 15.5. The van der Waals surface area contributed by atoms with Gasteiger partial charge in [0.1, 0.15) is 6.04 Å². The Hall–Kier alpha value is -1.76. The van der Waals surface area contributed by atoms with Crippen LogP contribution in [-0.4, -0.2) is 23.0 Å². The molecule has 0 radical (unpaired) electrons. The Bertz CT molecular complexity index is 531. The van der Waals surface area contributed by atoms with Crippen LogP contribution in [0.4, 0.5) is 13.2 Å². The van der Waals surface area contributed by atoms with Gasteiger partial charge < -0.3 is 10.4 Å². The van der Waals surface area contributed by atoms with Crippen LogP contribution in [0.5, 0.6) is 0 Å². The summed E-state index contributed by atoms with van der Waals surface area (Å²) in [7, 11) is 0. The van der Waals surface area contributed by atoms with Crippen molar-refractivity contribution in [2.45, 2.75) is 25.6 Å². The van der Waals surface area contributed by atoms with Crippen molar-refractivity contribution in [3.63, 3.8) is 0 Å². The first-order valence-corrected chi connectivity index (χ1v) is 5.95. The molecule has 8 heteroatoms. The minimum Gasteiger partial charge on any atom is -0.480 e. The fourth-order valence-electron chi connectivity index (χ4n) is 1.45. The van der Waals surface area contributed by atoms with E-state index in [1.165, 1.54) is 6.92 Å². The number of rotatable bonds is 4. The van der Waals surface area contributed by atoms with E-state index in [-0.39, 0.29) is 11.4 Å². The number of nitrogens with one attached hydrogen (secondary N) is 1. The van der Waals surface area contributed by atoms with Crippen LogP contribution in [0.25, 0.3) is 0 Å². The van der Waals surface area contributed by atoms with Gasteiger partial charge in [-0.05, 0) is 24.6 Å². The fourth-order valence-corrected chi connectivity index (χ4v) is 1.65. The summed E-state index contributed by atoms with van der Waals surface area (Å²) >= 11 is 5.67. The maximum absolute atomic E-state index is 12.6. The predicted octanol–water partition coefficient (Wildman–Crippen LogP) is 2.95. The summed E-state index contributed by atoms with van der Waals surface area (Å²) in [5, 5.41) is 10.7. The molecule has 0 fully saturated rings. The van der Waals surface area contributed by atoms with Gasteiger partial charge in [0, 0.05) is 0 Å². The molecular weight excluding hydrogens is 299 g/mol. The molecule has 4 nitrogen and oxygen atoms in total. The Morgan fingerprint density at radius 3 is 2.45 bits per heavy atom. The molecule has 0 bridgehead atoms. The summed E-state index contributed by atoms with van der Waals surface area (Å²) in [4.78, 5) is 22.6. The summed E-state index contributed by atoms with van der Waals surface area (Å²) in [6.07, 6.45) is -4.52. The SMILES string of the molecule is CC[C@H](NC(=O)c1cc(C(F)(F)F)ccc1Cl)C(=O)O. The quantitative estimate of drug-likeness (QED) is 0.898. The summed E-state index contributed by atoms with van der Waals surface area (Å²) in [5.41, 5.74) is -1.45. The van der Waals surface area contributed by atoms with E-state index in [9.17, 15) is 22.8 Å². The molecule has 1 atom stereocenters. The average molecular weight is 310 g/mol. The number of aliphatic carboxylic acids is 1. The highest BCUT2D eigenvalue weighted by atomic mass is 35.5. The number of benzene rings is 1. The first-order chi connectivity index (χ1) is 9.16. The number of alkyl halides is 3. The third-order valence-corrected chi connectivity index (χ3v) is 2.88. The van der Waals surface area contributed by atoms with Crippen LogP contribution in [0.15, 0.2) is 18.2 Å². The van der Waals surface area contributed by atoms with Crippen molar-refractivity contribution >= 4 is 23.5 Å². The number of hydrogen-bond acceptors (Lipinski definition) is 2. The lowest BCUT2D eigenvalue weighted by Gasteiger charge is -2.14. The largest absolute Gasteiger partial charge is 0.480 e. The fraction of sp³-hybridized carbons (Fsp3) is 0.333. The van der Waals surface area contributed by atoms with E-state index in [1.54, 1.807) is 0 Å². The number of amides is 1. The van der Waals surface area contributed by atoms with Crippen LogP contribution >= 0.6 is 11.6 Å². The number of carbonyl (C=O) groups is 2. The number of hydrogen-bond donors (Lipinski definition) is 2. The Balaban J connectivity index is 3.06. The highest BCUT2D eigenvalue weighted by molar-refractivity contribution is 6.33. The summed E-state index contributed by atoms with van der Waals surface area (Å²) in [6, 6.07) is 1.09. The van der Waals surface area contributed by atoms with Crippen LogP contribution in [-0.2, 0) is 11.0 Å². The normalized spacial score (nSPS) is 12.8. The molecule has 20 heavy (non-hydrogen) atoms. The molecule has 1 rings (SSSR count). The second kappa shape index (κ2) is 6.13. The Labute approximate surface area is 117 Å². The van der Waals surface area contributed by atoms with Gasteiger partial charge in [-0.2, -0.15) is 13.2 Å². The van der Waals surface area contributed by atoms with Crippen molar-refractivity contribution in [2.75, 3.05) is 0 Å². The molecule has 0 unspecified atom stereocenters. The van der Waals surface area contributed by atoms with Gasteiger partial charge >= 0.3 is 12.1 Å². The molecule has 0 aliphatic rings. The molecule has 0 saturated carbocycles. The van der Waals surface area contributed by atoms with Gasteiger partial charge in [-0.25, -0.2) is 4.79 Å². The lowest BCUT2D eigenvalue weighted by Crippen LogP contribution is -2.40. The first kappa shape index (κ1) is 16.3. The molecule has 0 heterocycles. The van der Waals surface area contributed by atoms with Gasteiger partial charge in [-0.3, -0.25) is 4.79 Å². The molecule has 0 aliphatic heterocycles. The Kier molecular flexibility index (Phi) is 4.99. The highest BCUT2D eigenvalue weighted by Gasteiger charge is 2.32. The number of carbonyl (C=O) groups excluding carboxylic acids is 1.